The Morgan fingerprint density at radius 3 is 2.59 bits per heavy atom. The molecule has 2 aromatic heterocycles. The normalized spacial score (nSPS) is 19.2. The van der Waals surface area contributed by atoms with Gasteiger partial charge in [-0.1, -0.05) is 12.8 Å². The molecule has 2 heterocycles. The summed E-state index contributed by atoms with van der Waals surface area (Å²) >= 11 is 0. The summed E-state index contributed by atoms with van der Waals surface area (Å²) < 4.78 is 29.0. The molecule has 32 heavy (non-hydrogen) atoms. The second-order valence-electron chi connectivity index (χ2n) is 8.37. The van der Waals surface area contributed by atoms with E-state index in [0.717, 1.165) is 25.7 Å². The van der Waals surface area contributed by atoms with Crippen molar-refractivity contribution in [1.29, 1.82) is 5.26 Å². The first-order valence-corrected chi connectivity index (χ1v) is 12.2. The molecule has 0 radical (unpaired) electrons. The first kappa shape index (κ1) is 22.0. The number of hydrogen-bond acceptors (Lipinski definition) is 6. The van der Waals surface area contributed by atoms with Gasteiger partial charge >= 0.3 is 0 Å². The molecule has 1 aliphatic rings. The van der Waals surface area contributed by atoms with Crippen LogP contribution in [0.2, 0.25) is 0 Å². The highest BCUT2D eigenvalue weighted by molar-refractivity contribution is 7.89. The summed E-state index contributed by atoms with van der Waals surface area (Å²) in [6.07, 6.45) is 5.25. The van der Waals surface area contributed by atoms with Crippen molar-refractivity contribution in [1.82, 2.24) is 19.5 Å². The SMILES string of the molecule is CC(C)NS(=O)(=O)c1ccc(Nc2nn(C3CCCCC3C#N)c3cc[nH]c(=O)c23)cc1. The number of aromatic amines is 1. The number of rotatable bonds is 6. The lowest BCUT2D eigenvalue weighted by Gasteiger charge is -2.27. The molecule has 1 aromatic carbocycles. The van der Waals surface area contributed by atoms with Gasteiger partial charge in [0.1, 0.15) is 5.39 Å². The number of nitrogens with zero attached hydrogens (tertiary/aromatic N) is 3. The number of anilines is 2. The van der Waals surface area contributed by atoms with Crippen LogP contribution in [0.15, 0.2) is 46.2 Å². The third-order valence-corrected chi connectivity index (χ3v) is 7.33. The van der Waals surface area contributed by atoms with Gasteiger partial charge in [-0.3, -0.25) is 9.48 Å². The Morgan fingerprint density at radius 1 is 1.19 bits per heavy atom. The molecule has 1 aliphatic carbocycles. The molecule has 0 aliphatic heterocycles. The number of H-pyrrole nitrogens is 1. The fourth-order valence-electron chi connectivity index (χ4n) is 4.23. The Kier molecular flexibility index (Phi) is 6.04. The minimum absolute atomic E-state index is 0.0942. The Balaban J connectivity index is 1.70. The third-order valence-electron chi connectivity index (χ3n) is 5.66. The molecular formula is C22H26N6O3S. The number of pyridine rings is 1. The molecule has 1 saturated carbocycles. The summed E-state index contributed by atoms with van der Waals surface area (Å²) in [7, 11) is -3.59. The molecule has 3 N–H and O–H groups in total. The molecule has 0 amide bonds. The topological polar surface area (TPSA) is 133 Å². The molecule has 2 atom stereocenters. The number of nitriles is 1. The van der Waals surface area contributed by atoms with Crippen LogP contribution < -0.4 is 15.6 Å². The van der Waals surface area contributed by atoms with Gasteiger partial charge in [0.05, 0.1) is 28.4 Å². The predicted molar refractivity (Wildman–Crippen MR) is 122 cm³/mol. The fourth-order valence-corrected chi connectivity index (χ4v) is 5.48. The van der Waals surface area contributed by atoms with E-state index in [1.807, 2.05) is 0 Å². The minimum Gasteiger partial charge on any atom is -0.338 e. The smallest absolute Gasteiger partial charge is 0.261 e. The van der Waals surface area contributed by atoms with Gasteiger partial charge in [0.15, 0.2) is 5.82 Å². The standard InChI is InChI=1S/C22H26N6O3S/c1-14(2)27-32(30,31)17-9-7-16(8-10-17)25-21-20-19(11-12-24-22(20)29)28(26-21)18-6-4-3-5-15(18)13-23/h7-12,14-15,18,27H,3-6H2,1-2H3,(H,24,29)(H,25,26). The van der Waals surface area contributed by atoms with Crippen molar-refractivity contribution >= 4 is 32.4 Å². The fraction of sp³-hybridized carbons (Fsp3) is 0.409. The van der Waals surface area contributed by atoms with Crippen LogP contribution in [0.1, 0.15) is 45.6 Å². The van der Waals surface area contributed by atoms with Crippen LogP contribution in [0, 0.1) is 17.2 Å². The molecule has 0 saturated heterocycles. The van der Waals surface area contributed by atoms with Gasteiger partial charge in [-0.05, 0) is 57.0 Å². The van der Waals surface area contributed by atoms with E-state index in [4.69, 9.17) is 0 Å². The monoisotopic (exact) mass is 454 g/mol. The number of sulfonamides is 1. The van der Waals surface area contributed by atoms with Crippen molar-refractivity contribution in [2.75, 3.05) is 5.32 Å². The highest BCUT2D eigenvalue weighted by Gasteiger charge is 2.29. The van der Waals surface area contributed by atoms with E-state index in [1.165, 1.54) is 12.1 Å². The summed E-state index contributed by atoms with van der Waals surface area (Å²) in [4.78, 5) is 15.5. The van der Waals surface area contributed by atoms with Crippen LogP contribution in [0.4, 0.5) is 11.5 Å². The molecule has 0 spiro atoms. The summed E-state index contributed by atoms with van der Waals surface area (Å²) in [5.74, 6) is 0.219. The lowest BCUT2D eigenvalue weighted by Crippen LogP contribution is -2.30. The number of nitrogens with one attached hydrogen (secondary N) is 3. The van der Waals surface area contributed by atoms with Crippen molar-refractivity contribution < 1.29 is 8.42 Å². The van der Waals surface area contributed by atoms with Crippen molar-refractivity contribution in [3.05, 3.63) is 46.9 Å². The first-order chi connectivity index (χ1) is 15.3. The first-order valence-electron chi connectivity index (χ1n) is 10.7. The number of hydrogen-bond donors (Lipinski definition) is 3. The van der Waals surface area contributed by atoms with Crippen LogP contribution in [0.25, 0.3) is 10.9 Å². The molecule has 1 fully saturated rings. The van der Waals surface area contributed by atoms with Crippen LogP contribution in [-0.4, -0.2) is 29.2 Å². The van der Waals surface area contributed by atoms with E-state index in [2.05, 4.69) is 26.2 Å². The van der Waals surface area contributed by atoms with Gasteiger partial charge in [-0.2, -0.15) is 10.4 Å². The molecule has 168 valence electrons. The third kappa shape index (κ3) is 4.26. The predicted octanol–water partition coefficient (Wildman–Crippen LogP) is 3.41. The lowest BCUT2D eigenvalue weighted by molar-refractivity contribution is 0.277. The molecular weight excluding hydrogens is 428 g/mol. The van der Waals surface area contributed by atoms with Crippen LogP contribution in [0.3, 0.4) is 0 Å². The summed E-state index contributed by atoms with van der Waals surface area (Å²) in [6.45, 7) is 3.52. The van der Waals surface area contributed by atoms with Crippen LogP contribution in [-0.2, 0) is 10.0 Å². The maximum absolute atomic E-state index is 12.6. The van der Waals surface area contributed by atoms with E-state index in [9.17, 15) is 18.5 Å². The zero-order valence-corrected chi connectivity index (χ0v) is 18.8. The zero-order chi connectivity index (χ0) is 22.9. The van der Waals surface area contributed by atoms with Gasteiger partial charge in [0.2, 0.25) is 10.0 Å². The van der Waals surface area contributed by atoms with Gasteiger partial charge < -0.3 is 10.3 Å². The average molecular weight is 455 g/mol. The Bertz CT molecular complexity index is 1320. The van der Waals surface area contributed by atoms with Crippen molar-refractivity contribution in [2.45, 2.75) is 56.5 Å². The van der Waals surface area contributed by atoms with Gasteiger partial charge in [0, 0.05) is 17.9 Å². The summed E-state index contributed by atoms with van der Waals surface area (Å²) in [6, 6.07) is 10.2. The van der Waals surface area contributed by atoms with Crippen molar-refractivity contribution in [3.8, 4) is 6.07 Å². The number of fused-ring (bicyclic) bond motifs is 1. The average Bonchev–Trinajstić information content (AvgIpc) is 3.12. The molecule has 9 nitrogen and oxygen atoms in total. The van der Waals surface area contributed by atoms with E-state index in [1.54, 1.807) is 42.9 Å². The van der Waals surface area contributed by atoms with E-state index >= 15 is 0 Å². The maximum atomic E-state index is 12.6. The second-order valence-corrected chi connectivity index (χ2v) is 10.1. The van der Waals surface area contributed by atoms with E-state index in [0.29, 0.717) is 22.4 Å². The summed E-state index contributed by atoms with van der Waals surface area (Å²) in [5.41, 5.74) is 0.994. The molecule has 4 rings (SSSR count). The Hall–Kier alpha value is -3.16. The van der Waals surface area contributed by atoms with Crippen LogP contribution >= 0.6 is 0 Å². The van der Waals surface area contributed by atoms with Gasteiger partial charge in [0.25, 0.3) is 5.56 Å². The Morgan fingerprint density at radius 2 is 1.91 bits per heavy atom. The quantitative estimate of drug-likeness (QED) is 0.523. The second kappa shape index (κ2) is 8.76. The molecule has 2 unspecified atom stereocenters. The molecule has 3 aromatic rings. The summed E-state index contributed by atoms with van der Waals surface area (Å²) in [5, 5.41) is 17.9. The van der Waals surface area contributed by atoms with Crippen molar-refractivity contribution in [3.63, 3.8) is 0 Å². The zero-order valence-electron chi connectivity index (χ0n) is 18.0. The maximum Gasteiger partial charge on any atom is 0.261 e. The molecule has 0 bridgehead atoms. The van der Waals surface area contributed by atoms with Gasteiger partial charge in [-0.25, -0.2) is 13.1 Å². The van der Waals surface area contributed by atoms with E-state index < -0.39 is 10.0 Å². The van der Waals surface area contributed by atoms with Gasteiger partial charge in [-0.15, -0.1) is 0 Å². The minimum atomic E-state index is -3.59. The number of benzene rings is 1. The lowest BCUT2D eigenvalue weighted by atomic mass is 9.85. The number of aromatic nitrogens is 3. The Labute approximate surface area is 186 Å². The highest BCUT2D eigenvalue weighted by Crippen LogP contribution is 2.36. The molecule has 10 heteroatoms. The van der Waals surface area contributed by atoms with Crippen LogP contribution in [0.5, 0.6) is 0 Å². The largest absolute Gasteiger partial charge is 0.338 e. The van der Waals surface area contributed by atoms with E-state index in [-0.39, 0.29) is 28.5 Å². The van der Waals surface area contributed by atoms with Crippen molar-refractivity contribution in [2.24, 2.45) is 5.92 Å². The highest BCUT2D eigenvalue weighted by atomic mass is 32.2.